The fraction of sp³-hybridized carbons (Fsp3) is 0.583. The monoisotopic (exact) mass is 283 g/mol. The van der Waals surface area contributed by atoms with Gasteiger partial charge in [0.2, 0.25) is 0 Å². The zero-order valence-corrected chi connectivity index (χ0v) is 11.7. The molecular formula is C12H17N3O3S. The lowest BCUT2D eigenvalue weighted by atomic mass is 10.0. The van der Waals surface area contributed by atoms with E-state index in [1.807, 2.05) is 13.8 Å². The molecule has 2 atom stereocenters. The molecule has 1 aliphatic rings. The molecule has 1 aromatic heterocycles. The van der Waals surface area contributed by atoms with E-state index in [1.54, 1.807) is 6.20 Å². The Morgan fingerprint density at radius 1 is 1.63 bits per heavy atom. The minimum Gasteiger partial charge on any atom is -0.480 e. The Labute approximate surface area is 115 Å². The number of likely N-dealkylation sites (tertiary alicyclic amines) is 1. The molecule has 2 rings (SSSR count). The minimum atomic E-state index is -0.940. The van der Waals surface area contributed by atoms with Crippen molar-refractivity contribution in [3.8, 4) is 0 Å². The van der Waals surface area contributed by atoms with E-state index in [4.69, 9.17) is 5.11 Å². The Balaban J connectivity index is 1.94. The highest BCUT2D eigenvalue weighted by atomic mass is 32.1. The van der Waals surface area contributed by atoms with Gasteiger partial charge < -0.3 is 15.3 Å². The van der Waals surface area contributed by atoms with E-state index in [9.17, 15) is 9.59 Å². The molecule has 0 aromatic carbocycles. The van der Waals surface area contributed by atoms with Gasteiger partial charge in [0, 0.05) is 17.6 Å². The third-order valence-corrected chi connectivity index (χ3v) is 4.19. The molecule has 1 aliphatic heterocycles. The lowest BCUT2D eigenvalue weighted by molar-refractivity contribution is -0.142. The van der Waals surface area contributed by atoms with Gasteiger partial charge in [-0.15, -0.1) is 11.3 Å². The van der Waals surface area contributed by atoms with Gasteiger partial charge in [-0.3, -0.25) is 0 Å². The molecule has 19 heavy (non-hydrogen) atoms. The van der Waals surface area contributed by atoms with Gasteiger partial charge >= 0.3 is 12.0 Å². The first-order chi connectivity index (χ1) is 8.99. The number of rotatable bonds is 3. The summed E-state index contributed by atoms with van der Waals surface area (Å²) in [5.74, 6) is -0.949. The number of hydrogen-bond acceptors (Lipinski definition) is 4. The molecule has 1 aromatic rings. The summed E-state index contributed by atoms with van der Waals surface area (Å²) in [4.78, 5) is 29.8. The quantitative estimate of drug-likeness (QED) is 0.879. The summed E-state index contributed by atoms with van der Waals surface area (Å²) < 4.78 is 0. The van der Waals surface area contributed by atoms with Crippen LogP contribution in [0.15, 0.2) is 6.20 Å². The number of urea groups is 1. The van der Waals surface area contributed by atoms with Crippen LogP contribution >= 0.6 is 11.3 Å². The molecule has 0 saturated carbocycles. The summed E-state index contributed by atoms with van der Waals surface area (Å²) in [6.45, 7) is 4.64. The molecule has 0 spiro atoms. The van der Waals surface area contributed by atoms with Crippen molar-refractivity contribution in [3.05, 3.63) is 16.1 Å². The van der Waals surface area contributed by atoms with Gasteiger partial charge in [-0.2, -0.15) is 0 Å². The fourth-order valence-electron chi connectivity index (χ4n) is 2.29. The van der Waals surface area contributed by atoms with Crippen molar-refractivity contribution in [2.45, 2.75) is 32.9 Å². The number of carboxylic acid groups (broad SMARTS) is 1. The second-order valence-electron chi connectivity index (χ2n) is 4.77. The fourth-order valence-corrected chi connectivity index (χ4v) is 3.01. The Morgan fingerprint density at radius 3 is 2.95 bits per heavy atom. The Kier molecular flexibility index (Phi) is 4.04. The molecule has 0 bridgehead atoms. The van der Waals surface area contributed by atoms with Gasteiger partial charge in [0.25, 0.3) is 0 Å². The number of carbonyl (C=O) groups excluding carboxylic acids is 1. The van der Waals surface area contributed by atoms with Crippen LogP contribution in [0.1, 0.15) is 23.2 Å². The highest BCUT2D eigenvalue weighted by molar-refractivity contribution is 7.11. The maximum absolute atomic E-state index is 12.0. The molecule has 2 N–H and O–H groups in total. The summed E-state index contributed by atoms with van der Waals surface area (Å²) in [7, 11) is 0. The van der Waals surface area contributed by atoms with Gasteiger partial charge in [0.05, 0.1) is 6.54 Å². The van der Waals surface area contributed by atoms with Crippen LogP contribution in [0.25, 0.3) is 0 Å². The molecule has 2 amide bonds. The molecule has 6 nitrogen and oxygen atoms in total. The summed E-state index contributed by atoms with van der Waals surface area (Å²) >= 11 is 1.52. The number of amides is 2. The second-order valence-corrected chi connectivity index (χ2v) is 6.09. The molecule has 2 unspecified atom stereocenters. The predicted molar refractivity (Wildman–Crippen MR) is 71.0 cm³/mol. The van der Waals surface area contributed by atoms with Crippen molar-refractivity contribution >= 4 is 23.3 Å². The number of aliphatic carboxylic acids is 1. The van der Waals surface area contributed by atoms with Gasteiger partial charge in [-0.05, 0) is 19.3 Å². The van der Waals surface area contributed by atoms with Crippen molar-refractivity contribution in [3.63, 3.8) is 0 Å². The number of carboxylic acids is 1. The van der Waals surface area contributed by atoms with Crippen LogP contribution in [0.4, 0.5) is 4.79 Å². The second kappa shape index (κ2) is 5.56. The van der Waals surface area contributed by atoms with Crippen LogP contribution in [0.3, 0.4) is 0 Å². The van der Waals surface area contributed by atoms with Crippen LogP contribution in [-0.4, -0.2) is 39.6 Å². The highest BCUT2D eigenvalue weighted by Crippen LogP contribution is 2.24. The van der Waals surface area contributed by atoms with Crippen molar-refractivity contribution in [2.75, 3.05) is 6.54 Å². The van der Waals surface area contributed by atoms with Crippen molar-refractivity contribution < 1.29 is 14.7 Å². The van der Waals surface area contributed by atoms with Gasteiger partial charge in [-0.25, -0.2) is 14.6 Å². The molecule has 0 radical (unpaired) electrons. The number of aromatic nitrogens is 1. The van der Waals surface area contributed by atoms with Crippen LogP contribution in [0.5, 0.6) is 0 Å². The van der Waals surface area contributed by atoms with Gasteiger partial charge in [0.1, 0.15) is 11.0 Å². The summed E-state index contributed by atoms with van der Waals surface area (Å²) in [5, 5.41) is 12.7. The van der Waals surface area contributed by atoms with E-state index in [2.05, 4.69) is 10.3 Å². The normalized spacial score (nSPS) is 22.5. The van der Waals surface area contributed by atoms with Crippen molar-refractivity contribution in [1.29, 1.82) is 0 Å². The third-order valence-electron chi connectivity index (χ3n) is 3.27. The zero-order valence-electron chi connectivity index (χ0n) is 10.9. The van der Waals surface area contributed by atoms with E-state index < -0.39 is 12.0 Å². The lowest BCUT2D eigenvalue weighted by Crippen LogP contribution is -2.47. The highest BCUT2D eigenvalue weighted by Gasteiger charge is 2.39. The lowest BCUT2D eigenvalue weighted by Gasteiger charge is -2.23. The van der Waals surface area contributed by atoms with E-state index in [-0.39, 0.29) is 11.9 Å². The molecule has 2 heterocycles. The number of thiazole rings is 1. The number of nitrogens with one attached hydrogen (secondary N) is 1. The largest absolute Gasteiger partial charge is 0.480 e. The average molecular weight is 283 g/mol. The zero-order chi connectivity index (χ0) is 14.0. The first-order valence-corrected chi connectivity index (χ1v) is 6.99. The molecule has 7 heteroatoms. The SMILES string of the molecule is Cc1cnc(CNC(=O)N2CCC(C)C2C(=O)O)s1. The topological polar surface area (TPSA) is 82.5 Å². The van der Waals surface area contributed by atoms with Crippen LogP contribution < -0.4 is 5.32 Å². The minimum absolute atomic E-state index is 0.00893. The summed E-state index contributed by atoms with van der Waals surface area (Å²) in [6.07, 6.45) is 2.48. The number of nitrogens with zero attached hydrogens (tertiary/aromatic N) is 2. The standard InChI is InChI=1S/C12H17N3O3S/c1-7-3-4-15(10(7)11(16)17)12(18)14-6-9-13-5-8(2)19-9/h5,7,10H,3-4,6H2,1-2H3,(H,14,18)(H,16,17). The Bertz CT molecular complexity index is 488. The molecule has 1 saturated heterocycles. The summed E-state index contributed by atoms with van der Waals surface area (Å²) in [5.41, 5.74) is 0. The number of aryl methyl sites for hydroxylation is 1. The van der Waals surface area contributed by atoms with Crippen LogP contribution in [-0.2, 0) is 11.3 Å². The smallest absolute Gasteiger partial charge is 0.326 e. The third kappa shape index (κ3) is 3.04. The van der Waals surface area contributed by atoms with Gasteiger partial charge in [-0.1, -0.05) is 6.92 Å². The van der Waals surface area contributed by atoms with E-state index >= 15 is 0 Å². The maximum Gasteiger partial charge on any atom is 0.326 e. The molecular weight excluding hydrogens is 266 g/mol. The number of hydrogen-bond donors (Lipinski definition) is 2. The Hall–Kier alpha value is -1.63. The average Bonchev–Trinajstić information content (AvgIpc) is 2.92. The Morgan fingerprint density at radius 2 is 2.37 bits per heavy atom. The van der Waals surface area contributed by atoms with Gasteiger partial charge in [0.15, 0.2) is 0 Å². The van der Waals surface area contributed by atoms with Crippen LogP contribution in [0, 0.1) is 12.8 Å². The molecule has 104 valence electrons. The number of carbonyl (C=O) groups is 2. The van der Waals surface area contributed by atoms with E-state index in [0.717, 1.165) is 16.3 Å². The van der Waals surface area contributed by atoms with Crippen molar-refractivity contribution in [2.24, 2.45) is 5.92 Å². The first-order valence-electron chi connectivity index (χ1n) is 6.17. The van der Waals surface area contributed by atoms with Crippen LogP contribution in [0.2, 0.25) is 0 Å². The van der Waals surface area contributed by atoms with E-state index in [1.165, 1.54) is 16.2 Å². The summed E-state index contributed by atoms with van der Waals surface area (Å²) in [6, 6.07) is -1.05. The first kappa shape index (κ1) is 13.8. The molecule has 0 aliphatic carbocycles. The maximum atomic E-state index is 12.0. The van der Waals surface area contributed by atoms with Crippen molar-refractivity contribution in [1.82, 2.24) is 15.2 Å². The molecule has 1 fully saturated rings. The predicted octanol–water partition coefficient (Wildman–Crippen LogP) is 1.46. The van der Waals surface area contributed by atoms with E-state index in [0.29, 0.717) is 13.1 Å².